The molecular weight excluding hydrogens is 352 g/mol. The van der Waals surface area contributed by atoms with E-state index < -0.39 is 0 Å². The van der Waals surface area contributed by atoms with Gasteiger partial charge >= 0.3 is 6.03 Å². The number of carbonyl (C=O) groups excluding carboxylic acids is 1. The van der Waals surface area contributed by atoms with Gasteiger partial charge in [-0.15, -0.1) is 10.2 Å². The van der Waals surface area contributed by atoms with Crippen molar-refractivity contribution < 1.29 is 9.53 Å². The Kier molecular flexibility index (Phi) is 6.22. The molecule has 1 aromatic heterocycles. The average Bonchev–Trinajstić information content (AvgIpc) is 2.69. The monoisotopic (exact) mass is 376 g/mol. The van der Waals surface area contributed by atoms with Gasteiger partial charge in [-0.25, -0.2) is 4.79 Å². The zero-order valence-electron chi connectivity index (χ0n) is 16.3. The van der Waals surface area contributed by atoms with Crippen molar-refractivity contribution in [1.82, 2.24) is 15.5 Å². The lowest BCUT2D eigenvalue weighted by Gasteiger charge is -2.11. The molecule has 6 nitrogen and oxygen atoms in total. The second-order valence-corrected chi connectivity index (χ2v) is 6.67. The highest BCUT2D eigenvalue weighted by molar-refractivity contribution is 5.90. The van der Waals surface area contributed by atoms with E-state index in [0.717, 1.165) is 28.1 Å². The van der Waals surface area contributed by atoms with E-state index in [1.54, 1.807) is 6.07 Å². The van der Waals surface area contributed by atoms with Crippen LogP contribution >= 0.6 is 0 Å². The summed E-state index contributed by atoms with van der Waals surface area (Å²) < 4.78 is 5.54. The summed E-state index contributed by atoms with van der Waals surface area (Å²) in [7, 11) is 0. The van der Waals surface area contributed by atoms with E-state index in [2.05, 4.69) is 20.8 Å². The Hall–Kier alpha value is -3.41. The van der Waals surface area contributed by atoms with Crippen molar-refractivity contribution in [3.63, 3.8) is 0 Å². The van der Waals surface area contributed by atoms with E-state index in [1.165, 1.54) is 5.56 Å². The molecule has 3 aromatic rings. The molecule has 2 aromatic carbocycles. The Balaban J connectivity index is 1.43. The Bertz CT molecular complexity index is 938. The van der Waals surface area contributed by atoms with Gasteiger partial charge < -0.3 is 15.4 Å². The first-order valence-electron chi connectivity index (χ1n) is 9.17. The van der Waals surface area contributed by atoms with Gasteiger partial charge in [0, 0.05) is 17.3 Å². The van der Waals surface area contributed by atoms with Crippen LogP contribution in [0.15, 0.2) is 54.6 Å². The van der Waals surface area contributed by atoms with Gasteiger partial charge in [0.1, 0.15) is 6.61 Å². The molecule has 2 amide bonds. The normalized spacial score (nSPS) is 10.4. The predicted octanol–water partition coefficient (Wildman–Crippen LogP) is 4.27. The van der Waals surface area contributed by atoms with Crippen LogP contribution in [0.4, 0.5) is 10.5 Å². The molecule has 0 radical (unpaired) electrons. The maximum Gasteiger partial charge on any atom is 0.319 e. The fourth-order valence-electron chi connectivity index (χ4n) is 2.72. The highest BCUT2D eigenvalue weighted by Gasteiger charge is 2.05. The highest BCUT2D eigenvalue weighted by Crippen LogP contribution is 2.18. The molecule has 28 heavy (non-hydrogen) atoms. The fraction of sp³-hybridized carbons (Fsp3) is 0.227. The van der Waals surface area contributed by atoms with Crippen LogP contribution in [0.1, 0.15) is 16.7 Å². The van der Waals surface area contributed by atoms with Crippen LogP contribution in [0.5, 0.6) is 5.88 Å². The van der Waals surface area contributed by atoms with Gasteiger partial charge in [-0.05, 0) is 38.5 Å². The maximum atomic E-state index is 12.0. The number of benzene rings is 2. The Morgan fingerprint density at radius 1 is 0.929 bits per heavy atom. The lowest BCUT2D eigenvalue weighted by molar-refractivity contribution is 0.246. The lowest BCUT2D eigenvalue weighted by atomic mass is 10.1. The maximum absolute atomic E-state index is 12.0. The summed E-state index contributed by atoms with van der Waals surface area (Å²) in [5.74, 6) is 0.424. The first kappa shape index (κ1) is 19.4. The molecule has 0 aliphatic heterocycles. The summed E-state index contributed by atoms with van der Waals surface area (Å²) in [4.78, 5) is 12.0. The number of aryl methyl sites for hydroxylation is 3. The first-order valence-corrected chi connectivity index (χ1v) is 9.17. The summed E-state index contributed by atoms with van der Waals surface area (Å²) in [5.41, 5.74) is 5.97. The van der Waals surface area contributed by atoms with Crippen molar-refractivity contribution in [2.24, 2.45) is 0 Å². The van der Waals surface area contributed by atoms with E-state index in [0.29, 0.717) is 19.0 Å². The number of amides is 2. The third-order valence-electron chi connectivity index (χ3n) is 4.26. The van der Waals surface area contributed by atoms with Gasteiger partial charge in [-0.1, -0.05) is 47.5 Å². The fourth-order valence-corrected chi connectivity index (χ4v) is 2.72. The molecule has 0 aliphatic carbocycles. The Morgan fingerprint density at radius 3 is 2.36 bits per heavy atom. The lowest BCUT2D eigenvalue weighted by Crippen LogP contribution is -2.32. The SMILES string of the molecule is Cc1ccc(-c2ccc(OCCNC(=O)Nc3ccc(C)cc3C)nn2)cc1. The quantitative estimate of drug-likeness (QED) is 0.630. The van der Waals surface area contributed by atoms with Crippen LogP contribution in [0.3, 0.4) is 0 Å². The molecule has 0 atom stereocenters. The number of aromatic nitrogens is 2. The highest BCUT2D eigenvalue weighted by atomic mass is 16.5. The Morgan fingerprint density at radius 2 is 1.68 bits per heavy atom. The van der Waals surface area contributed by atoms with Crippen LogP contribution < -0.4 is 15.4 Å². The van der Waals surface area contributed by atoms with Crippen LogP contribution in [0.2, 0.25) is 0 Å². The van der Waals surface area contributed by atoms with Gasteiger partial charge in [-0.3, -0.25) is 0 Å². The number of nitrogens with zero attached hydrogens (tertiary/aromatic N) is 2. The van der Waals surface area contributed by atoms with Crippen molar-refractivity contribution in [3.05, 3.63) is 71.3 Å². The van der Waals surface area contributed by atoms with E-state index >= 15 is 0 Å². The zero-order chi connectivity index (χ0) is 19.9. The van der Waals surface area contributed by atoms with Crippen LogP contribution in [0, 0.1) is 20.8 Å². The van der Waals surface area contributed by atoms with Crippen LogP contribution in [-0.4, -0.2) is 29.4 Å². The third-order valence-corrected chi connectivity index (χ3v) is 4.26. The first-order chi connectivity index (χ1) is 13.5. The smallest absolute Gasteiger partial charge is 0.319 e. The van der Waals surface area contributed by atoms with Crippen molar-refractivity contribution >= 4 is 11.7 Å². The van der Waals surface area contributed by atoms with Crippen molar-refractivity contribution in [1.29, 1.82) is 0 Å². The minimum Gasteiger partial charge on any atom is -0.475 e. The molecule has 6 heteroatoms. The predicted molar refractivity (Wildman–Crippen MR) is 111 cm³/mol. The molecule has 0 unspecified atom stereocenters. The van der Waals surface area contributed by atoms with Gasteiger partial charge in [0.05, 0.1) is 12.2 Å². The molecule has 3 rings (SSSR count). The van der Waals surface area contributed by atoms with E-state index in [-0.39, 0.29) is 6.03 Å². The summed E-state index contributed by atoms with van der Waals surface area (Å²) >= 11 is 0. The summed E-state index contributed by atoms with van der Waals surface area (Å²) in [6.45, 7) is 6.69. The van der Waals surface area contributed by atoms with Crippen LogP contribution in [-0.2, 0) is 0 Å². The largest absolute Gasteiger partial charge is 0.475 e. The molecule has 1 heterocycles. The van der Waals surface area contributed by atoms with Gasteiger partial charge in [-0.2, -0.15) is 0 Å². The molecule has 0 bridgehead atoms. The standard InChI is InChI=1S/C22H24N4O2/c1-15-4-7-18(8-5-15)20-10-11-21(26-25-20)28-13-12-23-22(27)24-19-9-6-16(2)14-17(19)3/h4-11,14H,12-13H2,1-3H3,(H2,23,24,27). The molecule has 144 valence electrons. The van der Waals surface area contributed by atoms with E-state index in [1.807, 2.05) is 69.3 Å². The molecule has 0 aliphatic rings. The molecule has 0 spiro atoms. The topological polar surface area (TPSA) is 76.1 Å². The summed E-state index contributed by atoms with van der Waals surface area (Å²) in [5, 5.41) is 13.9. The second kappa shape index (κ2) is 8.99. The van der Waals surface area contributed by atoms with Gasteiger partial charge in [0.2, 0.25) is 5.88 Å². The second-order valence-electron chi connectivity index (χ2n) is 6.67. The number of anilines is 1. The molecule has 0 saturated carbocycles. The summed E-state index contributed by atoms with van der Waals surface area (Å²) in [6, 6.07) is 17.4. The molecule has 2 N–H and O–H groups in total. The van der Waals surface area contributed by atoms with Crippen LogP contribution in [0.25, 0.3) is 11.3 Å². The Labute approximate surface area is 165 Å². The number of nitrogens with one attached hydrogen (secondary N) is 2. The van der Waals surface area contributed by atoms with Gasteiger partial charge in [0.15, 0.2) is 0 Å². The summed E-state index contributed by atoms with van der Waals surface area (Å²) in [6.07, 6.45) is 0. The van der Waals surface area contributed by atoms with Crippen molar-refractivity contribution in [2.45, 2.75) is 20.8 Å². The minimum absolute atomic E-state index is 0.267. The van der Waals surface area contributed by atoms with E-state index in [9.17, 15) is 4.79 Å². The number of hydrogen-bond acceptors (Lipinski definition) is 4. The molecule has 0 saturated heterocycles. The van der Waals surface area contributed by atoms with E-state index in [4.69, 9.17) is 4.74 Å². The number of urea groups is 1. The van der Waals surface area contributed by atoms with Crippen molar-refractivity contribution in [2.75, 3.05) is 18.5 Å². The number of carbonyl (C=O) groups is 1. The number of hydrogen-bond donors (Lipinski definition) is 2. The van der Waals surface area contributed by atoms with Gasteiger partial charge in [0.25, 0.3) is 0 Å². The molecular formula is C22H24N4O2. The minimum atomic E-state index is -0.267. The van der Waals surface area contributed by atoms with Crippen molar-refractivity contribution in [3.8, 4) is 17.1 Å². The zero-order valence-corrected chi connectivity index (χ0v) is 16.3. The number of rotatable bonds is 6. The molecule has 0 fully saturated rings. The third kappa shape index (κ3) is 5.30. The average molecular weight is 376 g/mol. The number of ether oxygens (including phenoxy) is 1.